The molecule has 1 amide bonds. The van der Waals surface area contributed by atoms with E-state index in [1.165, 1.54) is 41.3 Å². The van der Waals surface area contributed by atoms with Crippen LogP contribution >= 0.6 is 11.8 Å². The first-order valence-corrected chi connectivity index (χ1v) is 9.39. The van der Waals surface area contributed by atoms with Gasteiger partial charge in [0.15, 0.2) is 0 Å². The highest BCUT2D eigenvalue weighted by molar-refractivity contribution is 8.00. The lowest BCUT2D eigenvalue weighted by atomic mass is 10.0. The Morgan fingerprint density at radius 2 is 1.88 bits per heavy atom. The first kappa shape index (κ1) is 15.7. The van der Waals surface area contributed by atoms with Crippen LogP contribution in [0.1, 0.15) is 47.7 Å². The number of aryl methyl sites for hydroxylation is 3. The van der Waals surface area contributed by atoms with Crippen LogP contribution in [0.15, 0.2) is 17.3 Å². The van der Waals surface area contributed by atoms with Gasteiger partial charge in [-0.25, -0.2) is 4.98 Å². The van der Waals surface area contributed by atoms with E-state index in [0.717, 1.165) is 24.5 Å². The molecule has 0 spiro atoms. The van der Waals surface area contributed by atoms with Crippen LogP contribution in [0.4, 0.5) is 5.69 Å². The van der Waals surface area contributed by atoms with Gasteiger partial charge in [0.1, 0.15) is 5.82 Å². The number of aromatic amines is 1. The number of amides is 1. The Kier molecular flexibility index (Phi) is 3.87. The van der Waals surface area contributed by atoms with E-state index in [-0.39, 0.29) is 11.2 Å². The van der Waals surface area contributed by atoms with E-state index >= 15 is 0 Å². The fourth-order valence-corrected chi connectivity index (χ4v) is 4.52. The fourth-order valence-electron chi connectivity index (χ4n) is 3.56. The van der Waals surface area contributed by atoms with Crippen LogP contribution in [0.2, 0.25) is 0 Å². The number of carbonyl (C=O) groups excluding carboxylic acids is 1. The standard InChI is InChI=1S/C18H22N4OS/c1-10-8-11(2)15(12(3)9-10)22-7-6-14(17(22)23)24-18-19-16(20-21-18)13-4-5-13/h8-9,13-14H,4-7H2,1-3H3,(H,19,20,21). The second-order valence-electron chi connectivity index (χ2n) is 6.91. The van der Waals surface area contributed by atoms with E-state index in [4.69, 9.17) is 0 Å². The molecule has 1 aliphatic carbocycles. The number of H-pyrrole nitrogens is 1. The number of rotatable bonds is 4. The lowest BCUT2D eigenvalue weighted by Crippen LogP contribution is -2.29. The summed E-state index contributed by atoms with van der Waals surface area (Å²) in [5.41, 5.74) is 4.64. The third-order valence-corrected chi connectivity index (χ3v) is 5.87. The minimum absolute atomic E-state index is 0.0899. The predicted octanol–water partition coefficient (Wildman–Crippen LogP) is 3.50. The number of carbonyl (C=O) groups is 1. The second kappa shape index (κ2) is 5.92. The minimum atomic E-state index is -0.0899. The van der Waals surface area contributed by atoms with Crippen molar-refractivity contribution in [2.24, 2.45) is 0 Å². The normalized spacial score (nSPS) is 20.9. The van der Waals surface area contributed by atoms with Gasteiger partial charge in [0.2, 0.25) is 11.1 Å². The number of nitrogens with zero attached hydrogens (tertiary/aromatic N) is 3. The monoisotopic (exact) mass is 342 g/mol. The molecule has 5 nitrogen and oxygen atoms in total. The zero-order valence-corrected chi connectivity index (χ0v) is 15.1. The lowest BCUT2D eigenvalue weighted by molar-refractivity contribution is -0.116. The molecule has 2 aromatic rings. The Bertz CT molecular complexity index is 773. The minimum Gasteiger partial charge on any atom is -0.311 e. The number of aromatic nitrogens is 3. The average Bonchev–Trinajstić information content (AvgIpc) is 3.18. The molecule has 6 heteroatoms. The summed E-state index contributed by atoms with van der Waals surface area (Å²) in [6, 6.07) is 4.29. The summed E-state index contributed by atoms with van der Waals surface area (Å²) < 4.78 is 0. The molecule has 2 heterocycles. The number of hydrogen-bond acceptors (Lipinski definition) is 4. The number of benzene rings is 1. The summed E-state index contributed by atoms with van der Waals surface area (Å²) in [4.78, 5) is 19.4. The van der Waals surface area contributed by atoms with E-state index in [2.05, 4.69) is 48.1 Å². The van der Waals surface area contributed by atoms with Gasteiger partial charge in [-0.05, 0) is 51.2 Å². The number of thioether (sulfide) groups is 1. The molecular formula is C18H22N4OS. The van der Waals surface area contributed by atoms with Crippen LogP contribution in [0.25, 0.3) is 0 Å². The molecule has 0 bridgehead atoms. The molecule has 1 unspecified atom stereocenters. The topological polar surface area (TPSA) is 61.9 Å². The SMILES string of the molecule is Cc1cc(C)c(N2CCC(Sc3n[nH]c(C4CC4)n3)C2=O)c(C)c1. The summed E-state index contributed by atoms with van der Waals surface area (Å²) in [6.07, 6.45) is 3.23. The van der Waals surface area contributed by atoms with Crippen molar-refractivity contribution in [3.63, 3.8) is 0 Å². The van der Waals surface area contributed by atoms with Crippen molar-refractivity contribution in [3.05, 3.63) is 34.6 Å². The van der Waals surface area contributed by atoms with Gasteiger partial charge in [-0.1, -0.05) is 29.5 Å². The molecule has 1 aromatic carbocycles. The third-order valence-electron chi connectivity index (χ3n) is 4.76. The van der Waals surface area contributed by atoms with Gasteiger partial charge in [-0.15, -0.1) is 5.10 Å². The van der Waals surface area contributed by atoms with Crippen molar-refractivity contribution >= 4 is 23.4 Å². The van der Waals surface area contributed by atoms with Crippen LogP contribution in [0.5, 0.6) is 0 Å². The Morgan fingerprint density at radius 3 is 2.54 bits per heavy atom. The Hall–Kier alpha value is -1.82. The molecule has 1 N–H and O–H groups in total. The van der Waals surface area contributed by atoms with Crippen molar-refractivity contribution < 1.29 is 4.79 Å². The summed E-state index contributed by atoms with van der Waals surface area (Å²) in [5, 5.41) is 7.91. The first-order chi connectivity index (χ1) is 11.5. The molecule has 4 rings (SSSR count). The molecule has 1 saturated heterocycles. The average molecular weight is 342 g/mol. The highest BCUT2D eigenvalue weighted by atomic mass is 32.2. The van der Waals surface area contributed by atoms with Gasteiger partial charge in [-0.2, -0.15) is 0 Å². The van der Waals surface area contributed by atoms with Crippen molar-refractivity contribution in [3.8, 4) is 0 Å². The van der Waals surface area contributed by atoms with Gasteiger partial charge in [0.25, 0.3) is 0 Å². The van der Waals surface area contributed by atoms with Crippen molar-refractivity contribution in [2.45, 2.75) is 56.4 Å². The quantitative estimate of drug-likeness (QED) is 0.924. The van der Waals surface area contributed by atoms with E-state index < -0.39 is 0 Å². The first-order valence-electron chi connectivity index (χ1n) is 8.51. The van der Waals surface area contributed by atoms with E-state index in [1.807, 2.05) is 4.90 Å². The molecule has 1 aromatic heterocycles. The predicted molar refractivity (Wildman–Crippen MR) is 95.6 cm³/mol. The Labute approximate surface area is 146 Å². The molecule has 0 radical (unpaired) electrons. The maximum Gasteiger partial charge on any atom is 0.240 e. The zero-order valence-electron chi connectivity index (χ0n) is 14.3. The molecule has 1 aliphatic heterocycles. The van der Waals surface area contributed by atoms with Crippen molar-refractivity contribution in [1.29, 1.82) is 0 Å². The Balaban J connectivity index is 1.51. The van der Waals surface area contributed by atoms with Gasteiger partial charge < -0.3 is 4.90 Å². The molecule has 2 fully saturated rings. The summed E-state index contributed by atoms with van der Waals surface area (Å²) >= 11 is 1.49. The Morgan fingerprint density at radius 1 is 1.17 bits per heavy atom. The number of hydrogen-bond donors (Lipinski definition) is 1. The van der Waals surface area contributed by atoms with Crippen molar-refractivity contribution in [2.75, 3.05) is 11.4 Å². The summed E-state index contributed by atoms with van der Waals surface area (Å²) in [7, 11) is 0. The molecule has 1 atom stereocenters. The smallest absolute Gasteiger partial charge is 0.240 e. The molecule has 1 saturated carbocycles. The van der Waals surface area contributed by atoms with Crippen LogP contribution in [0, 0.1) is 20.8 Å². The van der Waals surface area contributed by atoms with Gasteiger partial charge in [-0.3, -0.25) is 9.89 Å². The molecule has 126 valence electrons. The van der Waals surface area contributed by atoms with E-state index in [9.17, 15) is 4.79 Å². The fraction of sp³-hybridized carbons (Fsp3) is 0.500. The van der Waals surface area contributed by atoms with Crippen LogP contribution < -0.4 is 4.90 Å². The van der Waals surface area contributed by atoms with Gasteiger partial charge >= 0.3 is 0 Å². The van der Waals surface area contributed by atoms with E-state index in [1.54, 1.807) is 0 Å². The maximum atomic E-state index is 12.9. The number of anilines is 1. The summed E-state index contributed by atoms with van der Waals surface area (Å²) in [5.74, 6) is 1.71. The van der Waals surface area contributed by atoms with Crippen LogP contribution in [0.3, 0.4) is 0 Å². The molecule has 24 heavy (non-hydrogen) atoms. The van der Waals surface area contributed by atoms with Crippen LogP contribution in [-0.2, 0) is 4.79 Å². The van der Waals surface area contributed by atoms with Crippen molar-refractivity contribution in [1.82, 2.24) is 15.2 Å². The third kappa shape index (κ3) is 2.83. The van der Waals surface area contributed by atoms with Crippen LogP contribution in [-0.4, -0.2) is 32.9 Å². The molecule has 2 aliphatic rings. The highest BCUT2D eigenvalue weighted by Crippen LogP contribution is 2.39. The summed E-state index contributed by atoms with van der Waals surface area (Å²) in [6.45, 7) is 7.02. The van der Waals surface area contributed by atoms with E-state index in [0.29, 0.717) is 11.1 Å². The lowest BCUT2D eigenvalue weighted by Gasteiger charge is -2.22. The van der Waals surface area contributed by atoms with Gasteiger partial charge in [0.05, 0.1) is 5.25 Å². The second-order valence-corrected chi connectivity index (χ2v) is 8.08. The largest absolute Gasteiger partial charge is 0.311 e. The highest BCUT2D eigenvalue weighted by Gasteiger charge is 2.36. The molecular weight excluding hydrogens is 320 g/mol. The maximum absolute atomic E-state index is 12.9. The number of nitrogens with one attached hydrogen (secondary N) is 1. The zero-order chi connectivity index (χ0) is 16.8. The van der Waals surface area contributed by atoms with Gasteiger partial charge in [0, 0.05) is 18.2 Å².